The minimum Gasteiger partial charge on any atom is -0.351 e. The van der Waals surface area contributed by atoms with Gasteiger partial charge in [-0.05, 0) is 29.3 Å². The molecular weight excluding hydrogens is 220 g/mol. The van der Waals surface area contributed by atoms with Gasteiger partial charge in [-0.25, -0.2) is 0 Å². The van der Waals surface area contributed by atoms with Gasteiger partial charge in [0.1, 0.15) is 0 Å². The first kappa shape index (κ1) is 13.8. The van der Waals surface area contributed by atoms with Crippen LogP contribution in [0.2, 0.25) is 0 Å². The molecule has 0 unspecified atom stereocenters. The van der Waals surface area contributed by atoms with Crippen molar-refractivity contribution in [3.8, 4) is 0 Å². The molecule has 0 saturated heterocycles. The van der Waals surface area contributed by atoms with Crippen LogP contribution in [0.25, 0.3) is 0 Å². The van der Waals surface area contributed by atoms with E-state index in [0.29, 0.717) is 0 Å². The third-order valence-electron chi connectivity index (χ3n) is 4.28. The van der Waals surface area contributed by atoms with Crippen molar-refractivity contribution in [3.05, 3.63) is 0 Å². The quantitative estimate of drug-likeness (QED) is 0.772. The Hall–Kier alpha value is -0.220. The molecule has 0 bridgehead atoms. The summed E-state index contributed by atoms with van der Waals surface area (Å²) in [7, 11) is 0. The average molecular weight is 244 g/mol. The fourth-order valence-electron chi connectivity index (χ4n) is 2.18. The molecule has 0 aromatic heterocycles. The monoisotopic (exact) mass is 244 g/mol. The van der Waals surface area contributed by atoms with Crippen LogP contribution in [0.4, 0.5) is 0 Å². The second-order valence-electron chi connectivity index (χ2n) is 5.77. The van der Waals surface area contributed by atoms with E-state index < -0.39 is 0 Å². The van der Waals surface area contributed by atoms with Crippen LogP contribution in [-0.4, -0.2) is 30.0 Å². The lowest BCUT2D eigenvalue weighted by Crippen LogP contribution is -2.43. The van der Waals surface area contributed by atoms with Crippen LogP contribution in [0.5, 0.6) is 0 Å². The van der Waals surface area contributed by atoms with Crippen molar-refractivity contribution in [2.75, 3.05) is 12.0 Å². The smallest absolute Gasteiger partial charge is 0.237 e. The lowest BCUT2D eigenvalue weighted by Gasteiger charge is -2.12. The molecule has 0 radical (unpaired) electrons. The Labute approximate surface area is 103 Å². The molecule has 0 aromatic rings. The van der Waals surface area contributed by atoms with Crippen LogP contribution in [-0.2, 0) is 4.79 Å². The molecule has 3 nitrogen and oxygen atoms in total. The number of carbonyl (C=O) groups excluding carboxylic acids is 1. The lowest BCUT2D eigenvalue weighted by atomic mass is 10.0. The Balaban J connectivity index is 2.42. The van der Waals surface area contributed by atoms with Crippen molar-refractivity contribution in [3.63, 3.8) is 0 Å². The van der Waals surface area contributed by atoms with Gasteiger partial charge in [0.15, 0.2) is 0 Å². The second kappa shape index (κ2) is 4.57. The lowest BCUT2D eigenvalue weighted by molar-refractivity contribution is -0.122. The van der Waals surface area contributed by atoms with E-state index in [1.807, 2.05) is 6.26 Å². The van der Waals surface area contributed by atoms with Gasteiger partial charge >= 0.3 is 0 Å². The molecule has 0 aromatic carbocycles. The number of carbonyl (C=O) groups is 1. The zero-order chi connectivity index (χ0) is 12.6. The average Bonchev–Trinajstić information content (AvgIpc) is 2.57. The van der Waals surface area contributed by atoms with E-state index in [0.717, 1.165) is 12.2 Å². The van der Waals surface area contributed by atoms with Crippen LogP contribution in [0, 0.1) is 10.8 Å². The molecule has 0 spiro atoms. The fraction of sp³-hybridized carbons (Fsp3) is 0.917. The first-order chi connectivity index (χ1) is 7.25. The van der Waals surface area contributed by atoms with Crippen molar-refractivity contribution in [2.45, 2.75) is 46.2 Å². The van der Waals surface area contributed by atoms with Crippen molar-refractivity contribution < 1.29 is 4.79 Å². The molecule has 94 valence electrons. The Morgan fingerprint density at radius 3 is 2.25 bits per heavy atom. The van der Waals surface area contributed by atoms with Gasteiger partial charge < -0.3 is 11.1 Å². The second-order valence-corrected chi connectivity index (χ2v) is 6.76. The number of amides is 1. The van der Waals surface area contributed by atoms with Crippen LogP contribution in [0.15, 0.2) is 0 Å². The minimum atomic E-state index is -0.361. The van der Waals surface area contributed by atoms with E-state index in [9.17, 15) is 4.79 Å². The summed E-state index contributed by atoms with van der Waals surface area (Å²) in [6.07, 6.45) is 2.78. The summed E-state index contributed by atoms with van der Waals surface area (Å²) in [5.41, 5.74) is 6.20. The van der Waals surface area contributed by atoms with Gasteiger partial charge in [0.2, 0.25) is 5.91 Å². The van der Waals surface area contributed by atoms with Gasteiger partial charge in [-0.15, -0.1) is 0 Å². The maximum absolute atomic E-state index is 11.8. The summed E-state index contributed by atoms with van der Waals surface area (Å²) in [5.74, 6) is 0.934. The van der Waals surface area contributed by atoms with Gasteiger partial charge in [0.05, 0.1) is 6.04 Å². The standard InChI is InChI=1S/C12H24N2OS/c1-11(2)10(12(11,3)4)14-9(15)8(13)6-7-16-5/h8,10H,6-7,13H2,1-5H3,(H,14,15)/t8-/m0/s1. The van der Waals surface area contributed by atoms with E-state index in [2.05, 4.69) is 33.0 Å². The third kappa shape index (κ3) is 2.38. The molecule has 16 heavy (non-hydrogen) atoms. The molecule has 1 rings (SSSR count). The van der Waals surface area contributed by atoms with Crippen molar-refractivity contribution in [1.82, 2.24) is 5.32 Å². The van der Waals surface area contributed by atoms with Crippen molar-refractivity contribution in [2.24, 2.45) is 16.6 Å². The Kier molecular flexibility index (Phi) is 3.95. The normalized spacial score (nSPS) is 23.9. The van der Waals surface area contributed by atoms with Crippen LogP contribution >= 0.6 is 11.8 Å². The molecule has 3 N–H and O–H groups in total. The number of hydrogen-bond donors (Lipinski definition) is 2. The summed E-state index contributed by atoms with van der Waals surface area (Å²) in [4.78, 5) is 11.8. The highest BCUT2D eigenvalue weighted by atomic mass is 32.2. The fourth-order valence-corrected chi connectivity index (χ4v) is 2.67. The van der Waals surface area contributed by atoms with E-state index in [4.69, 9.17) is 5.73 Å². The van der Waals surface area contributed by atoms with Gasteiger partial charge in [0, 0.05) is 6.04 Å². The molecule has 4 heteroatoms. The predicted molar refractivity (Wildman–Crippen MR) is 70.5 cm³/mol. The van der Waals surface area contributed by atoms with Crippen molar-refractivity contribution >= 4 is 17.7 Å². The van der Waals surface area contributed by atoms with Crippen LogP contribution in [0.3, 0.4) is 0 Å². The van der Waals surface area contributed by atoms with E-state index in [1.165, 1.54) is 0 Å². The SMILES string of the molecule is CSCC[C@H](N)C(=O)NC1C(C)(C)C1(C)C. The Bertz CT molecular complexity index is 262. The van der Waals surface area contributed by atoms with Crippen LogP contribution < -0.4 is 11.1 Å². The number of thioether (sulfide) groups is 1. The summed E-state index contributed by atoms with van der Waals surface area (Å²) in [6, 6.07) is -0.104. The molecule has 0 heterocycles. The number of hydrogen-bond acceptors (Lipinski definition) is 3. The first-order valence-corrected chi connectivity index (χ1v) is 7.19. The topological polar surface area (TPSA) is 55.1 Å². The molecule has 1 amide bonds. The summed E-state index contributed by atoms with van der Waals surface area (Å²) in [5, 5.41) is 3.07. The molecule has 1 aliphatic carbocycles. The summed E-state index contributed by atoms with van der Waals surface area (Å²) < 4.78 is 0. The zero-order valence-electron chi connectivity index (χ0n) is 11.0. The molecule has 1 atom stereocenters. The predicted octanol–water partition coefficient (Wildman–Crippen LogP) is 1.62. The highest BCUT2D eigenvalue weighted by Gasteiger charge is 2.65. The van der Waals surface area contributed by atoms with Gasteiger partial charge in [-0.3, -0.25) is 4.79 Å². The molecule has 1 aliphatic rings. The Morgan fingerprint density at radius 1 is 1.38 bits per heavy atom. The molecule has 0 aliphatic heterocycles. The van der Waals surface area contributed by atoms with Crippen LogP contribution in [0.1, 0.15) is 34.1 Å². The molecular formula is C12H24N2OS. The highest BCUT2D eigenvalue weighted by Crippen LogP contribution is 2.62. The van der Waals surface area contributed by atoms with E-state index in [1.54, 1.807) is 11.8 Å². The largest absolute Gasteiger partial charge is 0.351 e. The van der Waals surface area contributed by atoms with Crippen molar-refractivity contribution in [1.29, 1.82) is 0 Å². The van der Waals surface area contributed by atoms with Gasteiger partial charge in [-0.2, -0.15) is 11.8 Å². The third-order valence-corrected chi connectivity index (χ3v) is 4.92. The summed E-state index contributed by atoms with van der Waals surface area (Å²) in [6.45, 7) is 8.74. The molecule has 1 fully saturated rings. The minimum absolute atomic E-state index is 0.00213. The number of nitrogens with one attached hydrogen (secondary N) is 1. The zero-order valence-corrected chi connectivity index (χ0v) is 11.8. The maximum atomic E-state index is 11.8. The van der Waals surface area contributed by atoms with E-state index in [-0.39, 0.29) is 28.8 Å². The van der Waals surface area contributed by atoms with E-state index >= 15 is 0 Å². The van der Waals surface area contributed by atoms with Gasteiger partial charge in [-0.1, -0.05) is 27.7 Å². The Morgan fingerprint density at radius 2 is 1.88 bits per heavy atom. The molecule has 1 saturated carbocycles. The van der Waals surface area contributed by atoms with Gasteiger partial charge in [0.25, 0.3) is 0 Å². The maximum Gasteiger partial charge on any atom is 0.237 e. The summed E-state index contributed by atoms with van der Waals surface area (Å²) >= 11 is 1.72. The number of rotatable bonds is 5. The first-order valence-electron chi connectivity index (χ1n) is 5.80. The highest BCUT2D eigenvalue weighted by molar-refractivity contribution is 7.98. The number of nitrogens with two attached hydrogens (primary N) is 1.